The summed E-state index contributed by atoms with van der Waals surface area (Å²) in [5.74, 6) is -2.84. The fourth-order valence-electron chi connectivity index (χ4n) is 5.38. The Morgan fingerprint density at radius 3 is 2.00 bits per heavy atom. The second kappa shape index (κ2) is 17.5. The van der Waals surface area contributed by atoms with Gasteiger partial charge in [-0.2, -0.15) is 0 Å². The number of carboxylic acids is 1. The van der Waals surface area contributed by atoms with Crippen molar-refractivity contribution in [3.63, 3.8) is 0 Å². The molecule has 0 fully saturated rings. The summed E-state index contributed by atoms with van der Waals surface area (Å²) in [5, 5.41) is 9.58. The molecule has 0 saturated carbocycles. The summed E-state index contributed by atoms with van der Waals surface area (Å²) in [5.41, 5.74) is 1.25. The van der Waals surface area contributed by atoms with Crippen LogP contribution in [0.4, 0.5) is 8.78 Å². The Kier molecular flexibility index (Phi) is 13.9. The van der Waals surface area contributed by atoms with Crippen LogP contribution in [0.2, 0.25) is 0 Å². The van der Waals surface area contributed by atoms with Crippen molar-refractivity contribution in [2.45, 2.75) is 97.8 Å². The van der Waals surface area contributed by atoms with Gasteiger partial charge in [0.05, 0.1) is 12.2 Å². The van der Waals surface area contributed by atoms with E-state index in [0.717, 1.165) is 38.5 Å². The number of aromatic carboxylic acids is 1. The summed E-state index contributed by atoms with van der Waals surface area (Å²) < 4.78 is 36.4. The predicted molar refractivity (Wildman–Crippen MR) is 170 cm³/mol. The predicted octanol–water partition coefficient (Wildman–Crippen LogP) is 10.9. The van der Waals surface area contributed by atoms with Crippen molar-refractivity contribution in [2.24, 2.45) is 5.92 Å². The summed E-state index contributed by atoms with van der Waals surface area (Å²) in [4.78, 5) is 24.8. The van der Waals surface area contributed by atoms with Crippen LogP contribution in [-0.2, 0) is 0 Å². The number of ketones is 1. The lowest BCUT2D eigenvalue weighted by molar-refractivity contribution is 0.0691. The van der Waals surface area contributed by atoms with Gasteiger partial charge < -0.3 is 9.84 Å². The largest absolute Gasteiger partial charge is 0.491 e. The molecule has 1 unspecified atom stereocenters. The lowest BCUT2D eigenvalue weighted by atomic mass is 9.89. The van der Waals surface area contributed by atoms with Gasteiger partial charge in [-0.15, -0.1) is 0 Å². The first kappa shape index (κ1) is 34.0. The minimum Gasteiger partial charge on any atom is -0.491 e. The van der Waals surface area contributed by atoms with Gasteiger partial charge in [-0.3, -0.25) is 4.79 Å². The summed E-state index contributed by atoms with van der Waals surface area (Å²) in [6.07, 6.45) is 13.1. The van der Waals surface area contributed by atoms with E-state index >= 15 is 8.78 Å². The monoisotopic (exact) mass is 592 g/mol. The maximum atomic E-state index is 15.7. The molecule has 3 aromatic carbocycles. The molecule has 0 aliphatic carbocycles. The van der Waals surface area contributed by atoms with E-state index in [-0.39, 0.29) is 23.0 Å². The number of Topliss-reactive ketones (excluding diaryl/α,β-unsaturated/α-hetero) is 1. The Bertz CT molecular complexity index is 1330. The second-order valence-corrected chi connectivity index (χ2v) is 11.5. The molecule has 6 heteroatoms. The van der Waals surface area contributed by atoms with E-state index in [0.29, 0.717) is 28.9 Å². The minimum atomic E-state index is -1.39. The van der Waals surface area contributed by atoms with Gasteiger partial charge in [0.2, 0.25) is 0 Å². The normalized spacial score (nSPS) is 11.8. The molecule has 3 aromatic rings. The Morgan fingerprint density at radius 2 is 1.37 bits per heavy atom. The number of ether oxygens (including phenoxy) is 1. The zero-order valence-electron chi connectivity index (χ0n) is 25.9. The topological polar surface area (TPSA) is 63.6 Å². The number of rotatable bonds is 19. The molecule has 1 atom stereocenters. The van der Waals surface area contributed by atoms with Crippen LogP contribution in [0.1, 0.15) is 119 Å². The van der Waals surface area contributed by atoms with Gasteiger partial charge in [-0.05, 0) is 47.7 Å². The molecule has 4 nitrogen and oxygen atoms in total. The van der Waals surface area contributed by atoms with Gasteiger partial charge in [-0.1, -0.05) is 121 Å². The van der Waals surface area contributed by atoms with Gasteiger partial charge in [-0.25, -0.2) is 13.6 Å². The Labute approximate surface area is 255 Å². The molecule has 232 valence electrons. The first-order valence-electron chi connectivity index (χ1n) is 15.9. The van der Waals surface area contributed by atoms with Gasteiger partial charge >= 0.3 is 5.97 Å². The van der Waals surface area contributed by atoms with Crippen molar-refractivity contribution in [3.8, 4) is 28.0 Å². The van der Waals surface area contributed by atoms with Crippen LogP contribution in [-0.4, -0.2) is 23.5 Å². The first-order valence-corrected chi connectivity index (χ1v) is 15.9. The fourth-order valence-corrected chi connectivity index (χ4v) is 5.38. The lowest BCUT2D eigenvalue weighted by Crippen LogP contribution is -2.11. The van der Waals surface area contributed by atoms with Gasteiger partial charge in [0, 0.05) is 17.0 Å². The quantitative estimate of drug-likeness (QED) is 0.111. The summed E-state index contributed by atoms with van der Waals surface area (Å²) >= 11 is 0. The van der Waals surface area contributed by atoms with E-state index in [1.165, 1.54) is 62.8 Å². The van der Waals surface area contributed by atoms with Crippen molar-refractivity contribution in [1.29, 1.82) is 0 Å². The van der Waals surface area contributed by atoms with Crippen molar-refractivity contribution in [3.05, 3.63) is 77.4 Å². The highest BCUT2D eigenvalue weighted by Gasteiger charge is 2.22. The molecule has 43 heavy (non-hydrogen) atoms. The Morgan fingerprint density at radius 1 is 0.767 bits per heavy atom. The van der Waals surface area contributed by atoms with Crippen LogP contribution in [0.3, 0.4) is 0 Å². The first-order chi connectivity index (χ1) is 20.8. The van der Waals surface area contributed by atoms with Crippen LogP contribution in [0.15, 0.2) is 54.6 Å². The SMILES string of the molecule is CCCCCCCCOc1ccc(-c2ccc(C(=O)O)c(F)c2-c2ccc(C(=O)C(C)CCCCCCC)cc2)cc1F. The lowest BCUT2D eigenvalue weighted by Gasteiger charge is -2.15. The highest BCUT2D eigenvalue weighted by Crippen LogP contribution is 2.37. The van der Waals surface area contributed by atoms with Crippen LogP contribution in [0, 0.1) is 17.6 Å². The maximum Gasteiger partial charge on any atom is 0.338 e. The standard InChI is InChI=1S/C37H46F2O4/c1-4-6-8-10-12-14-24-43-33-23-20-29(25-32(33)38)30-21-22-31(37(41)42)35(39)34(30)27-16-18-28(19-17-27)36(40)26(3)15-13-11-9-7-5-2/h16-23,25-26H,4-15,24H2,1-3H3,(H,41,42). The number of carbonyl (C=O) groups is 2. The molecule has 0 amide bonds. The average molecular weight is 593 g/mol. The van der Waals surface area contributed by atoms with Gasteiger partial charge in [0.25, 0.3) is 0 Å². The number of hydrogen-bond donors (Lipinski definition) is 1. The van der Waals surface area contributed by atoms with Crippen LogP contribution < -0.4 is 4.74 Å². The highest BCUT2D eigenvalue weighted by molar-refractivity contribution is 5.99. The number of carbonyl (C=O) groups excluding carboxylic acids is 1. The van der Waals surface area contributed by atoms with E-state index in [4.69, 9.17) is 4.74 Å². The molecule has 0 aliphatic heterocycles. The van der Waals surface area contributed by atoms with Gasteiger partial charge in [0.1, 0.15) is 5.82 Å². The zero-order valence-corrected chi connectivity index (χ0v) is 25.9. The third-order valence-corrected chi connectivity index (χ3v) is 8.02. The summed E-state index contributed by atoms with van der Waals surface area (Å²) in [6.45, 7) is 6.69. The van der Waals surface area contributed by atoms with Crippen molar-refractivity contribution >= 4 is 11.8 Å². The van der Waals surface area contributed by atoms with E-state index in [2.05, 4.69) is 13.8 Å². The molecule has 1 N–H and O–H groups in total. The number of carboxylic acid groups (broad SMARTS) is 1. The summed E-state index contributed by atoms with van der Waals surface area (Å²) in [6, 6.07) is 13.7. The van der Waals surface area contributed by atoms with E-state index in [1.54, 1.807) is 30.3 Å². The molecule has 0 bridgehead atoms. The highest BCUT2D eigenvalue weighted by atomic mass is 19.1. The van der Waals surface area contributed by atoms with Crippen LogP contribution in [0.5, 0.6) is 5.75 Å². The molecule has 0 saturated heterocycles. The molecular weight excluding hydrogens is 546 g/mol. The molecule has 0 heterocycles. The van der Waals surface area contributed by atoms with Crippen molar-refractivity contribution in [1.82, 2.24) is 0 Å². The fraction of sp³-hybridized carbons (Fsp3) is 0.459. The molecule has 0 aliphatic rings. The molecule has 0 aromatic heterocycles. The molecular formula is C37H46F2O4. The zero-order chi connectivity index (χ0) is 31.2. The van der Waals surface area contributed by atoms with Crippen molar-refractivity contribution in [2.75, 3.05) is 6.61 Å². The Hall–Kier alpha value is -3.54. The van der Waals surface area contributed by atoms with E-state index < -0.39 is 23.2 Å². The second-order valence-electron chi connectivity index (χ2n) is 11.5. The molecule has 3 rings (SSSR count). The van der Waals surface area contributed by atoms with Crippen LogP contribution >= 0.6 is 0 Å². The minimum absolute atomic E-state index is 0.0284. The average Bonchev–Trinajstić information content (AvgIpc) is 3.00. The number of benzene rings is 3. The van der Waals surface area contributed by atoms with Gasteiger partial charge in [0.15, 0.2) is 17.3 Å². The maximum absolute atomic E-state index is 15.7. The van der Waals surface area contributed by atoms with Crippen molar-refractivity contribution < 1.29 is 28.2 Å². The number of hydrogen-bond acceptors (Lipinski definition) is 3. The van der Waals surface area contributed by atoms with E-state index in [1.807, 2.05) is 6.92 Å². The molecule has 0 spiro atoms. The third kappa shape index (κ3) is 9.74. The van der Waals surface area contributed by atoms with E-state index in [9.17, 15) is 14.7 Å². The third-order valence-electron chi connectivity index (χ3n) is 8.02. The molecule has 0 radical (unpaired) electrons. The number of halogens is 2. The number of unbranched alkanes of at least 4 members (excludes halogenated alkanes) is 9. The Balaban J connectivity index is 1.80. The van der Waals surface area contributed by atoms with Crippen LogP contribution in [0.25, 0.3) is 22.3 Å². The smallest absolute Gasteiger partial charge is 0.338 e. The summed E-state index contributed by atoms with van der Waals surface area (Å²) in [7, 11) is 0.